The predicted molar refractivity (Wildman–Crippen MR) is 105 cm³/mol. The van der Waals surface area contributed by atoms with Crippen molar-refractivity contribution in [3.05, 3.63) is 113 Å². The number of rotatable bonds is 5. The predicted octanol–water partition coefficient (Wildman–Crippen LogP) is 4.80. The van der Waals surface area contributed by atoms with Crippen LogP contribution in [0.3, 0.4) is 0 Å². The van der Waals surface area contributed by atoms with Gasteiger partial charge in [-0.25, -0.2) is 0 Å². The van der Waals surface area contributed by atoms with Gasteiger partial charge in [0.25, 0.3) is 0 Å². The molecule has 3 aromatic rings. The number of Topliss-reactive ketones (excluding diaryl/α,β-unsaturated/α-hetero) is 1. The first-order chi connectivity index (χ1) is 13.2. The molecule has 3 heteroatoms. The van der Waals surface area contributed by atoms with Gasteiger partial charge in [-0.05, 0) is 5.56 Å². The Morgan fingerprint density at radius 3 is 2.04 bits per heavy atom. The smallest absolute Gasteiger partial charge is 0.192 e. The van der Waals surface area contributed by atoms with Gasteiger partial charge in [0, 0.05) is 23.1 Å². The number of benzene rings is 3. The highest BCUT2D eigenvalue weighted by Gasteiger charge is 2.35. The van der Waals surface area contributed by atoms with Gasteiger partial charge >= 0.3 is 0 Å². The quantitative estimate of drug-likeness (QED) is 0.668. The summed E-state index contributed by atoms with van der Waals surface area (Å²) < 4.78 is 6.13. The fourth-order valence-electron chi connectivity index (χ4n) is 3.39. The van der Waals surface area contributed by atoms with Gasteiger partial charge in [0.1, 0.15) is 18.0 Å². The molecule has 1 aliphatic rings. The molecule has 134 valence electrons. The van der Waals surface area contributed by atoms with Gasteiger partial charge in [-0.2, -0.15) is 0 Å². The third-order valence-corrected chi connectivity index (χ3v) is 4.79. The molecule has 3 aromatic carbocycles. The molecule has 0 fully saturated rings. The first-order valence-electron chi connectivity index (χ1n) is 9.02. The summed E-state index contributed by atoms with van der Waals surface area (Å²) in [6, 6.07) is 28.2. The number of carbonyl (C=O) groups is 1. The molecule has 27 heavy (non-hydrogen) atoms. The highest BCUT2D eigenvalue weighted by Crippen LogP contribution is 2.39. The van der Waals surface area contributed by atoms with E-state index in [1.165, 1.54) is 0 Å². The van der Waals surface area contributed by atoms with Crippen LogP contribution in [0.2, 0.25) is 0 Å². The van der Waals surface area contributed by atoms with Gasteiger partial charge in [-0.1, -0.05) is 91.0 Å². The summed E-state index contributed by atoms with van der Waals surface area (Å²) in [5, 5.41) is 10.8. The largest absolute Gasteiger partial charge is 0.486 e. The topological polar surface area (TPSA) is 46.5 Å². The van der Waals surface area contributed by atoms with Crippen molar-refractivity contribution in [3.8, 4) is 0 Å². The highest BCUT2D eigenvalue weighted by molar-refractivity contribution is 6.13. The molecule has 3 nitrogen and oxygen atoms in total. The van der Waals surface area contributed by atoms with Crippen LogP contribution in [-0.4, -0.2) is 17.0 Å². The Morgan fingerprint density at radius 1 is 0.852 bits per heavy atom. The lowest BCUT2D eigenvalue weighted by Crippen LogP contribution is -2.18. The Morgan fingerprint density at radius 2 is 1.41 bits per heavy atom. The third-order valence-electron chi connectivity index (χ3n) is 4.79. The average molecular weight is 356 g/mol. The van der Waals surface area contributed by atoms with E-state index < -0.39 is 12.2 Å². The number of hydrogen-bond acceptors (Lipinski definition) is 3. The molecular weight excluding hydrogens is 336 g/mol. The third kappa shape index (κ3) is 3.55. The minimum atomic E-state index is -0.800. The molecular formula is C24H20O3. The fourth-order valence-corrected chi connectivity index (χ4v) is 3.39. The van der Waals surface area contributed by atoms with Crippen LogP contribution >= 0.6 is 0 Å². The van der Waals surface area contributed by atoms with Crippen molar-refractivity contribution >= 4 is 11.5 Å². The van der Waals surface area contributed by atoms with Crippen molar-refractivity contribution in [2.75, 3.05) is 0 Å². The SMILES string of the molecule is O=C(C1=C(c2ccccc2)O[C@H]([C@H](O)c2ccccc2)C1)c1ccccc1. The lowest BCUT2D eigenvalue weighted by atomic mass is 9.94. The number of hydrogen-bond donors (Lipinski definition) is 1. The molecule has 1 aliphatic heterocycles. The zero-order valence-corrected chi connectivity index (χ0v) is 14.8. The molecule has 0 aliphatic carbocycles. The first-order valence-corrected chi connectivity index (χ1v) is 9.02. The van der Waals surface area contributed by atoms with Crippen molar-refractivity contribution in [1.82, 2.24) is 0 Å². The van der Waals surface area contributed by atoms with E-state index in [0.29, 0.717) is 23.3 Å². The maximum absolute atomic E-state index is 13.1. The summed E-state index contributed by atoms with van der Waals surface area (Å²) in [7, 11) is 0. The molecule has 0 saturated carbocycles. The molecule has 0 radical (unpaired) electrons. The van der Waals surface area contributed by atoms with Gasteiger partial charge < -0.3 is 9.84 Å². The van der Waals surface area contributed by atoms with Crippen molar-refractivity contribution in [2.24, 2.45) is 0 Å². The molecule has 0 bridgehead atoms. The summed E-state index contributed by atoms with van der Waals surface area (Å²) >= 11 is 0. The molecule has 0 aromatic heterocycles. The summed E-state index contributed by atoms with van der Waals surface area (Å²) in [5.74, 6) is 0.502. The van der Waals surface area contributed by atoms with Crippen molar-refractivity contribution in [3.63, 3.8) is 0 Å². The van der Waals surface area contributed by atoms with E-state index in [-0.39, 0.29) is 5.78 Å². The van der Waals surface area contributed by atoms with Gasteiger partial charge in [-0.15, -0.1) is 0 Å². The van der Waals surface area contributed by atoms with Gasteiger partial charge in [0.2, 0.25) is 0 Å². The van der Waals surface area contributed by atoms with Crippen LogP contribution in [0.5, 0.6) is 0 Å². The van der Waals surface area contributed by atoms with Crippen LogP contribution in [0.4, 0.5) is 0 Å². The normalized spacial score (nSPS) is 17.4. The molecule has 1 N–H and O–H groups in total. The first kappa shape index (κ1) is 17.3. The second-order valence-electron chi connectivity index (χ2n) is 6.58. The van der Waals surface area contributed by atoms with Gasteiger partial charge in [-0.3, -0.25) is 4.79 Å². The molecule has 2 atom stereocenters. The van der Waals surface area contributed by atoms with E-state index in [9.17, 15) is 9.90 Å². The number of carbonyl (C=O) groups excluding carboxylic acids is 1. The van der Waals surface area contributed by atoms with E-state index in [2.05, 4.69) is 0 Å². The van der Waals surface area contributed by atoms with Crippen LogP contribution in [0.1, 0.15) is 34.0 Å². The number of aliphatic hydroxyl groups excluding tert-OH is 1. The highest BCUT2D eigenvalue weighted by atomic mass is 16.5. The Kier molecular flexibility index (Phi) is 4.86. The van der Waals surface area contributed by atoms with Crippen LogP contribution in [0, 0.1) is 0 Å². The van der Waals surface area contributed by atoms with Crippen molar-refractivity contribution in [1.29, 1.82) is 0 Å². The second-order valence-corrected chi connectivity index (χ2v) is 6.58. The zero-order chi connectivity index (χ0) is 18.6. The van der Waals surface area contributed by atoms with E-state index in [4.69, 9.17) is 4.74 Å². The van der Waals surface area contributed by atoms with Crippen molar-refractivity contribution < 1.29 is 14.6 Å². The number of aliphatic hydroxyl groups is 1. The Bertz CT molecular complexity index is 947. The van der Waals surface area contributed by atoms with Crippen LogP contribution in [0.25, 0.3) is 5.76 Å². The minimum Gasteiger partial charge on any atom is -0.486 e. The summed E-state index contributed by atoms with van der Waals surface area (Å²) in [5.41, 5.74) is 2.86. The standard InChI is InChI=1S/C24H20O3/c25-22(17-10-4-1-5-11-17)20-16-21(23(26)18-12-6-2-7-13-18)27-24(20)19-14-8-3-9-15-19/h1-15,21,23,26H,16H2/t21-,23+/m0/s1. The second kappa shape index (κ2) is 7.60. The molecule has 1 heterocycles. The molecule has 0 unspecified atom stereocenters. The fraction of sp³-hybridized carbons (Fsp3) is 0.125. The maximum Gasteiger partial charge on any atom is 0.192 e. The van der Waals surface area contributed by atoms with E-state index in [1.807, 2.05) is 78.9 Å². The average Bonchev–Trinajstić information content (AvgIpc) is 3.20. The van der Waals surface area contributed by atoms with Crippen LogP contribution in [-0.2, 0) is 4.74 Å². The van der Waals surface area contributed by atoms with E-state index in [0.717, 1.165) is 11.1 Å². The van der Waals surface area contributed by atoms with E-state index in [1.54, 1.807) is 12.1 Å². The molecule has 0 saturated heterocycles. The van der Waals surface area contributed by atoms with Gasteiger partial charge in [0.05, 0.1) is 0 Å². The molecule has 0 spiro atoms. The summed E-state index contributed by atoms with van der Waals surface area (Å²) in [4.78, 5) is 13.1. The Balaban J connectivity index is 1.69. The lowest BCUT2D eigenvalue weighted by Gasteiger charge is -2.19. The van der Waals surface area contributed by atoms with Gasteiger partial charge in [0.15, 0.2) is 5.78 Å². The molecule has 4 rings (SSSR count). The maximum atomic E-state index is 13.1. The van der Waals surface area contributed by atoms with Crippen molar-refractivity contribution in [2.45, 2.75) is 18.6 Å². The minimum absolute atomic E-state index is 0.0581. The Labute approximate surface area is 158 Å². The van der Waals surface area contributed by atoms with Crippen LogP contribution < -0.4 is 0 Å². The Hall–Kier alpha value is -3.17. The number of ketones is 1. The zero-order valence-electron chi connectivity index (χ0n) is 14.8. The summed E-state index contributed by atoms with van der Waals surface area (Å²) in [6.07, 6.45) is -0.926. The van der Waals surface area contributed by atoms with Crippen LogP contribution in [0.15, 0.2) is 96.6 Å². The summed E-state index contributed by atoms with van der Waals surface area (Å²) in [6.45, 7) is 0. The van der Waals surface area contributed by atoms with E-state index >= 15 is 0 Å². The lowest BCUT2D eigenvalue weighted by molar-refractivity contribution is 0.0304. The monoisotopic (exact) mass is 356 g/mol. The number of ether oxygens (including phenoxy) is 1. The molecule has 0 amide bonds.